The van der Waals surface area contributed by atoms with Crippen LogP contribution >= 0.6 is 23.2 Å². The molecule has 0 saturated heterocycles. The number of ether oxygens (including phenoxy) is 1. The molecule has 2 rings (SSSR count). The number of carbonyl (C=O) groups is 2. The number of carbonyl (C=O) groups excluding carboxylic acids is 2. The fourth-order valence-electron chi connectivity index (χ4n) is 1.80. The first-order chi connectivity index (χ1) is 11.1. The zero-order valence-electron chi connectivity index (χ0n) is 12.1. The third kappa shape index (κ3) is 5.54. The second-order valence-electron chi connectivity index (χ2n) is 4.64. The Morgan fingerprint density at radius 1 is 1.13 bits per heavy atom. The number of esters is 1. The Hall–Kier alpha value is -2.11. The molecule has 2 aromatic rings. The monoisotopic (exact) mass is 352 g/mol. The van der Waals surface area contributed by atoms with Gasteiger partial charge in [0.25, 0.3) is 5.91 Å². The molecule has 1 aromatic heterocycles. The van der Waals surface area contributed by atoms with E-state index >= 15 is 0 Å². The Morgan fingerprint density at radius 3 is 2.57 bits per heavy atom. The molecule has 1 N–H and O–H groups in total. The van der Waals surface area contributed by atoms with Crippen molar-refractivity contribution in [2.75, 3.05) is 13.2 Å². The molecule has 0 aliphatic rings. The molecular formula is C16H14Cl2N2O3. The highest BCUT2D eigenvalue weighted by atomic mass is 35.5. The van der Waals surface area contributed by atoms with E-state index < -0.39 is 5.97 Å². The maximum Gasteiger partial charge on any atom is 0.341 e. The molecule has 0 fully saturated rings. The number of hydrogen-bond acceptors (Lipinski definition) is 4. The zero-order chi connectivity index (χ0) is 16.7. The Kier molecular flexibility index (Phi) is 6.38. The van der Waals surface area contributed by atoms with Crippen molar-refractivity contribution in [1.29, 1.82) is 0 Å². The van der Waals surface area contributed by atoms with Crippen molar-refractivity contribution in [2.45, 2.75) is 6.42 Å². The Morgan fingerprint density at radius 2 is 1.87 bits per heavy atom. The molecule has 1 amide bonds. The molecule has 1 aromatic carbocycles. The third-order valence-corrected chi connectivity index (χ3v) is 3.52. The van der Waals surface area contributed by atoms with Gasteiger partial charge >= 0.3 is 5.97 Å². The predicted octanol–water partition coefficient (Wildman–Crippen LogP) is 2.90. The van der Waals surface area contributed by atoms with Crippen molar-refractivity contribution in [1.82, 2.24) is 10.3 Å². The minimum Gasteiger partial charge on any atom is -0.452 e. The minimum atomic E-state index is -0.684. The first-order valence-electron chi connectivity index (χ1n) is 6.85. The summed E-state index contributed by atoms with van der Waals surface area (Å²) in [6, 6.07) is 10.4. The lowest BCUT2D eigenvalue weighted by Gasteiger charge is -2.07. The maximum atomic E-state index is 11.8. The fourth-order valence-corrected chi connectivity index (χ4v) is 2.12. The predicted molar refractivity (Wildman–Crippen MR) is 87.7 cm³/mol. The fraction of sp³-hybridized carbons (Fsp3) is 0.188. The van der Waals surface area contributed by atoms with E-state index in [2.05, 4.69) is 10.3 Å². The van der Waals surface area contributed by atoms with Crippen molar-refractivity contribution in [2.24, 2.45) is 0 Å². The van der Waals surface area contributed by atoms with E-state index in [1.54, 1.807) is 18.2 Å². The van der Waals surface area contributed by atoms with Crippen LogP contribution in [-0.2, 0) is 16.0 Å². The average molecular weight is 353 g/mol. The molecule has 5 nitrogen and oxygen atoms in total. The van der Waals surface area contributed by atoms with Gasteiger partial charge in [-0.25, -0.2) is 9.78 Å². The Balaban J connectivity index is 1.72. The van der Waals surface area contributed by atoms with Crippen molar-refractivity contribution in [3.8, 4) is 0 Å². The van der Waals surface area contributed by atoms with E-state index in [9.17, 15) is 9.59 Å². The van der Waals surface area contributed by atoms with Crippen LogP contribution in [0.2, 0.25) is 10.2 Å². The van der Waals surface area contributed by atoms with Gasteiger partial charge in [-0.1, -0.05) is 35.3 Å². The highest BCUT2D eigenvalue weighted by molar-refractivity contribution is 6.32. The van der Waals surface area contributed by atoms with E-state index in [4.69, 9.17) is 27.9 Å². The van der Waals surface area contributed by atoms with Gasteiger partial charge in [-0.15, -0.1) is 0 Å². The summed E-state index contributed by atoms with van der Waals surface area (Å²) in [4.78, 5) is 27.2. The summed E-state index contributed by atoms with van der Waals surface area (Å²) in [5.41, 5.74) is 1.18. The summed E-state index contributed by atoms with van der Waals surface area (Å²) in [6.07, 6.45) is 2.12. The van der Waals surface area contributed by atoms with Gasteiger partial charge in [0.1, 0.15) is 5.15 Å². The minimum absolute atomic E-state index is 0.0423. The number of rotatable bonds is 6. The normalized spacial score (nSPS) is 10.2. The summed E-state index contributed by atoms with van der Waals surface area (Å²) in [5.74, 6) is -1.07. The van der Waals surface area contributed by atoms with E-state index in [1.807, 2.05) is 12.1 Å². The Bertz CT molecular complexity index is 690. The first kappa shape index (κ1) is 17.2. The van der Waals surface area contributed by atoms with Gasteiger partial charge < -0.3 is 10.1 Å². The highest BCUT2D eigenvalue weighted by Crippen LogP contribution is 2.12. The van der Waals surface area contributed by atoms with Gasteiger partial charge in [-0.05, 0) is 36.2 Å². The van der Waals surface area contributed by atoms with Crippen molar-refractivity contribution in [3.63, 3.8) is 0 Å². The largest absolute Gasteiger partial charge is 0.452 e. The van der Waals surface area contributed by atoms with Crippen LogP contribution in [0.3, 0.4) is 0 Å². The maximum absolute atomic E-state index is 11.8. The van der Waals surface area contributed by atoms with Gasteiger partial charge in [0, 0.05) is 17.8 Å². The molecule has 0 bridgehead atoms. The molecule has 0 radical (unpaired) electrons. The van der Waals surface area contributed by atoms with Crippen molar-refractivity contribution < 1.29 is 14.3 Å². The number of nitrogens with zero attached hydrogens (tertiary/aromatic N) is 1. The van der Waals surface area contributed by atoms with Gasteiger partial charge in [-0.2, -0.15) is 0 Å². The summed E-state index contributed by atoms with van der Waals surface area (Å²) in [7, 11) is 0. The van der Waals surface area contributed by atoms with Gasteiger partial charge in [0.05, 0.1) is 5.56 Å². The lowest BCUT2D eigenvalue weighted by atomic mass is 10.1. The number of aromatic nitrogens is 1. The number of nitrogens with one attached hydrogen (secondary N) is 1. The molecule has 120 valence electrons. The topological polar surface area (TPSA) is 68.3 Å². The summed E-state index contributed by atoms with van der Waals surface area (Å²) in [6.45, 7) is 0.0658. The smallest absolute Gasteiger partial charge is 0.341 e. The molecular weight excluding hydrogens is 339 g/mol. The SMILES string of the molecule is O=C(COC(=O)c1cccnc1Cl)NCCc1ccc(Cl)cc1. The van der Waals surface area contributed by atoms with Crippen LogP contribution in [0.1, 0.15) is 15.9 Å². The van der Waals surface area contributed by atoms with Crippen LogP contribution in [0.25, 0.3) is 0 Å². The lowest BCUT2D eigenvalue weighted by molar-refractivity contribution is -0.124. The van der Waals surface area contributed by atoms with E-state index in [-0.39, 0.29) is 23.2 Å². The first-order valence-corrected chi connectivity index (χ1v) is 7.60. The van der Waals surface area contributed by atoms with Crippen LogP contribution in [-0.4, -0.2) is 30.0 Å². The highest BCUT2D eigenvalue weighted by Gasteiger charge is 2.13. The molecule has 0 unspecified atom stereocenters. The third-order valence-electron chi connectivity index (χ3n) is 2.96. The summed E-state index contributed by atoms with van der Waals surface area (Å²) in [5, 5.41) is 3.38. The van der Waals surface area contributed by atoms with Crippen LogP contribution in [0.5, 0.6) is 0 Å². The second kappa shape index (κ2) is 8.50. The average Bonchev–Trinajstić information content (AvgIpc) is 2.55. The number of halogens is 2. The quantitative estimate of drug-likeness (QED) is 0.641. The number of benzene rings is 1. The standard InChI is InChI=1S/C16H14Cl2N2O3/c17-12-5-3-11(4-6-12)7-9-19-14(21)10-23-16(22)13-2-1-8-20-15(13)18/h1-6,8H,7,9-10H2,(H,19,21). The molecule has 1 heterocycles. The second-order valence-corrected chi connectivity index (χ2v) is 5.44. The molecule has 0 aliphatic heterocycles. The van der Waals surface area contributed by atoms with Gasteiger partial charge in [0.15, 0.2) is 6.61 Å². The van der Waals surface area contributed by atoms with Crippen LogP contribution in [0.15, 0.2) is 42.6 Å². The van der Waals surface area contributed by atoms with Crippen molar-refractivity contribution >= 4 is 35.1 Å². The van der Waals surface area contributed by atoms with Crippen LogP contribution < -0.4 is 5.32 Å². The molecule has 23 heavy (non-hydrogen) atoms. The van der Waals surface area contributed by atoms with Gasteiger partial charge in [-0.3, -0.25) is 4.79 Å². The van der Waals surface area contributed by atoms with E-state index in [0.29, 0.717) is 18.0 Å². The molecule has 0 saturated carbocycles. The molecule has 0 atom stereocenters. The molecule has 0 aliphatic carbocycles. The van der Waals surface area contributed by atoms with E-state index in [1.165, 1.54) is 12.3 Å². The molecule has 7 heteroatoms. The number of hydrogen-bond donors (Lipinski definition) is 1. The Labute approximate surface area is 143 Å². The zero-order valence-corrected chi connectivity index (χ0v) is 13.6. The van der Waals surface area contributed by atoms with E-state index in [0.717, 1.165) is 5.56 Å². The lowest BCUT2D eigenvalue weighted by Crippen LogP contribution is -2.30. The molecule has 0 spiro atoms. The van der Waals surface area contributed by atoms with Crippen LogP contribution in [0, 0.1) is 0 Å². The summed E-state index contributed by atoms with van der Waals surface area (Å²) < 4.78 is 4.90. The van der Waals surface area contributed by atoms with Crippen LogP contribution in [0.4, 0.5) is 0 Å². The number of pyridine rings is 1. The summed E-state index contributed by atoms with van der Waals surface area (Å²) >= 11 is 11.6. The van der Waals surface area contributed by atoms with Gasteiger partial charge in [0.2, 0.25) is 0 Å². The van der Waals surface area contributed by atoms with Crippen molar-refractivity contribution in [3.05, 3.63) is 63.9 Å². The number of amides is 1.